The number of piperidine rings is 1. The zero-order valence-electron chi connectivity index (χ0n) is 13.7. The second-order valence-electron chi connectivity index (χ2n) is 5.88. The molecule has 2 aromatic rings. The Balaban J connectivity index is 2.03. The number of nitrogens with zero attached hydrogens (tertiary/aromatic N) is 1. The van der Waals surface area contributed by atoms with Gasteiger partial charge in [-0.05, 0) is 36.9 Å². The van der Waals surface area contributed by atoms with Gasteiger partial charge in [-0.3, -0.25) is 14.4 Å². The maximum absolute atomic E-state index is 12.7. The molecule has 2 heterocycles. The van der Waals surface area contributed by atoms with Gasteiger partial charge in [0.15, 0.2) is 0 Å². The number of aryl methyl sites for hydroxylation is 1. The molecule has 24 heavy (non-hydrogen) atoms. The lowest BCUT2D eigenvalue weighted by Gasteiger charge is -2.40. The van der Waals surface area contributed by atoms with Gasteiger partial charge in [0.2, 0.25) is 11.8 Å². The van der Waals surface area contributed by atoms with Crippen molar-refractivity contribution >= 4 is 28.8 Å². The lowest BCUT2D eigenvalue weighted by Crippen LogP contribution is -2.48. The van der Waals surface area contributed by atoms with Gasteiger partial charge in [-0.2, -0.15) is 0 Å². The van der Waals surface area contributed by atoms with Gasteiger partial charge in [-0.25, -0.2) is 5.48 Å². The van der Waals surface area contributed by atoms with Crippen molar-refractivity contribution in [3.8, 4) is 0 Å². The van der Waals surface area contributed by atoms with Crippen molar-refractivity contribution in [3.05, 3.63) is 52.2 Å². The maximum Gasteiger partial charge on any atom is 0.249 e. The fourth-order valence-corrected chi connectivity index (χ4v) is 4.02. The van der Waals surface area contributed by atoms with Crippen LogP contribution in [0.15, 0.2) is 41.8 Å². The largest absolute Gasteiger partial charge is 0.303 e. The molecule has 1 aliphatic rings. The number of carbonyl (C=O) groups is 2. The van der Waals surface area contributed by atoms with E-state index in [1.807, 2.05) is 48.7 Å². The summed E-state index contributed by atoms with van der Waals surface area (Å²) in [4.78, 5) is 32.7. The molecule has 5 nitrogen and oxygen atoms in total. The van der Waals surface area contributed by atoms with Crippen LogP contribution in [-0.4, -0.2) is 18.9 Å². The molecule has 3 rings (SSSR count). The highest BCUT2D eigenvalue weighted by Gasteiger charge is 2.42. The lowest BCUT2D eigenvalue weighted by molar-refractivity contribution is -0.138. The van der Waals surface area contributed by atoms with Crippen molar-refractivity contribution in [2.75, 3.05) is 12.0 Å². The van der Waals surface area contributed by atoms with Crippen LogP contribution >= 0.6 is 11.3 Å². The zero-order valence-corrected chi connectivity index (χ0v) is 14.5. The Morgan fingerprint density at radius 1 is 1.29 bits per heavy atom. The van der Waals surface area contributed by atoms with Gasteiger partial charge in [-0.1, -0.05) is 23.8 Å². The first kappa shape index (κ1) is 16.7. The third kappa shape index (κ3) is 3.20. The molecule has 126 valence electrons. The Bertz CT molecular complexity index is 712. The smallest absolute Gasteiger partial charge is 0.249 e. The molecule has 0 bridgehead atoms. The van der Waals surface area contributed by atoms with Gasteiger partial charge in [0, 0.05) is 17.0 Å². The summed E-state index contributed by atoms with van der Waals surface area (Å²) >= 11 is 1.56. The first-order valence-corrected chi connectivity index (χ1v) is 8.74. The van der Waals surface area contributed by atoms with Crippen LogP contribution in [0.3, 0.4) is 0 Å². The van der Waals surface area contributed by atoms with Crippen LogP contribution in [0.1, 0.15) is 29.3 Å². The summed E-state index contributed by atoms with van der Waals surface area (Å²) in [5.74, 6) is -0.498. The maximum atomic E-state index is 12.7. The summed E-state index contributed by atoms with van der Waals surface area (Å²) in [6.07, 6.45) is 0.858. The topological polar surface area (TPSA) is 58.6 Å². The number of anilines is 1. The van der Waals surface area contributed by atoms with Gasteiger partial charge >= 0.3 is 0 Å². The molecule has 1 aromatic heterocycles. The number of hydroxylamine groups is 1. The number of benzene rings is 1. The average molecular weight is 344 g/mol. The average Bonchev–Trinajstić information content (AvgIpc) is 3.10. The van der Waals surface area contributed by atoms with E-state index in [1.54, 1.807) is 16.2 Å². The van der Waals surface area contributed by atoms with E-state index in [2.05, 4.69) is 5.48 Å². The Morgan fingerprint density at radius 2 is 2.04 bits per heavy atom. The molecule has 1 N–H and O–H groups in total. The molecule has 2 atom stereocenters. The second kappa shape index (κ2) is 7.15. The predicted molar refractivity (Wildman–Crippen MR) is 93.6 cm³/mol. The van der Waals surface area contributed by atoms with Gasteiger partial charge in [0.1, 0.15) is 0 Å². The number of hydrogen-bond acceptors (Lipinski definition) is 4. The molecular weight excluding hydrogens is 324 g/mol. The van der Waals surface area contributed by atoms with Crippen LogP contribution in [0.25, 0.3) is 0 Å². The summed E-state index contributed by atoms with van der Waals surface area (Å²) in [5, 5.41) is 1.97. The molecule has 1 fully saturated rings. The second-order valence-corrected chi connectivity index (χ2v) is 6.85. The molecule has 0 saturated carbocycles. The van der Waals surface area contributed by atoms with Crippen LogP contribution < -0.4 is 10.4 Å². The van der Waals surface area contributed by atoms with E-state index in [0.29, 0.717) is 12.8 Å². The van der Waals surface area contributed by atoms with Gasteiger partial charge in [-0.15, -0.1) is 11.3 Å². The normalized spacial score (nSPS) is 20.9. The van der Waals surface area contributed by atoms with E-state index in [0.717, 1.165) is 16.1 Å². The number of amides is 2. The van der Waals surface area contributed by atoms with Crippen molar-refractivity contribution in [1.29, 1.82) is 0 Å². The van der Waals surface area contributed by atoms with Crippen LogP contribution in [0, 0.1) is 12.8 Å². The quantitative estimate of drug-likeness (QED) is 0.867. The summed E-state index contributed by atoms with van der Waals surface area (Å²) in [6.45, 7) is 2.01. The lowest BCUT2D eigenvalue weighted by atomic mass is 9.86. The van der Waals surface area contributed by atoms with E-state index in [4.69, 9.17) is 4.84 Å². The molecule has 2 amide bonds. The van der Waals surface area contributed by atoms with E-state index in [-0.39, 0.29) is 23.8 Å². The fraction of sp³-hybridized carbons (Fsp3) is 0.333. The number of rotatable bonds is 4. The Morgan fingerprint density at radius 3 is 2.67 bits per heavy atom. The standard InChI is InChI=1S/C18H20N2O3S/c1-12-5-7-13(8-6-12)20-16(21)10-9-14(18(22)19-23-2)17(20)15-4-3-11-24-15/h3-8,11,14,17H,9-10H2,1-2H3,(H,19,22)/t14-,17-/m1/s1. The molecule has 1 saturated heterocycles. The minimum atomic E-state index is -0.345. The number of nitrogens with one attached hydrogen (secondary N) is 1. The van der Waals surface area contributed by atoms with Gasteiger partial charge < -0.3 is 4.90 Å². The van der Waals surface area contributed by atoms with Crippen LogP contribution in [-0.2, 0) is 14.4 Å². The molecule has 0 spiro atoms. The molecule has 6 heteroatoms. The highest BCUT2D eigenvalue weighted by atomic mass is 32.1. The van der Waals surface area contributed by atoms with E-state index >= 15 is 0 Å². The third-order valence-corrected chi connectivity index (χ3v) is 5.23. The van der Waals surface area contributed by atoms with E-state index < -0.39 is 0 Å². The molecule has 0 aliphatic carbocycles. The zero-order chi connectivity index (χ0) is 17.1. The Labute approximate surface area is 145 Å². The number of carbonyl (C=O) groups excluding carboxylic acids is 2. The molecule has 0 radical (unpaired) electrons. The van der Waals surface area contributed by atoms with Crippen LogP contribution in [0.2, 0.25) is 0 Å². The highest BCUT2D eigenvalue weighted by molar-refractivity contribution is 7.10. The summed E-state index contributed by atoms with van der Waals surface area (Å²) in [5.41, 5.74) is 4.38. The van der Waals surface area contributed by atoms with E-state index in [1.165, 1.54) is 7.11 Å². The summed E-state index contributed by atoms with van der Waals surface area (Å²) in [6, 6.07) is 11.4. The minimum Gasteiger partial charge on any atom is -0.303 e. The van der Waals surface area contributed by atoms with Crippen molar-refractivity contribution in [3.63, 3.8) is 0 Å². The molecule has 1 aliphatic heterocycles. The fourth-order valence-electron chi connectivity index (χ4n) is 3.14. The monoisotopic (exact) mass is 344 g/mol. The first-order valence-electron chi connectivity index (χ1n) is 7.87. The van der Waals surface area contributed by atoms with Crippen molar-refractivity contribution in [2.45, 2.75) is 25.8 Å². The molecule has 1 aromatic carbocycles. The Kier molecular flexibility index (Phi) is 4.97. The minimum absolute atomic E-state index is 0.0405. The third-order valence-electron chi connectivity index (χ3n) is 4.28. The molecular formula is C18H20N2O3S. The van der Waals surface area contributed by atoms with Crippen molar-refractivity contribution in [1.82, 2.24) is 5.48 Å². The summed E-state index contributed by atoms with van der Waals surface area (Å²) < 4.78 is 0. The first-order chi connectivity index (χ1) is 11.6. The summed E-state index contributed by atoms with van der Waals surface area (Å²) in [7, 11) is 1.42. The Hall–Kier alpha value is -2.18. The SMILES string of the molecule is CONC(=O)[C@@H]1CCC(=O)N(c2ccc(C)cc2)[C@H]1c1cccs1. The van der Waals surface area contributed by atoms with E-state index in [9.17, 15) is 9.59 Å². The molecule has 0 unspecified atom stereocenters. The van der Waals surface area contributed by atoms with Crippen LogP contribution in [0.4, 0.5) is 5.69 Å². The number of thiophene rings is 1. The van der Waals surface area contributed by atoms with Gasteiger partial charge in [0.05, 0.1) is 19.1 Å². The van der Waals surface area contributed by atoms with Crippen LogP contribution in [0.5, 0.6) is 0 Å². The predicted octanol–water partition coefficient (Wildman–Crippen LogP) is 3.22. The van der Waals surface area contributed by atoms with Crippen molar-refractivity contribution in [2.24, 2.45) is 5.92 Å². The highest BCUT2D eigenvalue weighted by Crippen LogP contribution is 2.41. The van der Waals surface area contributed by atoms with Gasteiger partial charge in [0.25, 0.3) is 0 Å². The number of hydrogen-bond donors (Lipinski definition) is 1. The van der Waals surface area contributed by atoms with Crippen molar-refractivity contribution < 1.29 is 14.4 Å².